The molecule has 8 nitrogen and oxygen atoms in total. The van der Waals surface area contributed by atoms with E-state index in [4.69, 9.17) is 4.74 Å². The lowest BCUT2D eigenvalue weighted by Gasteiger charge is -2.30. The maximum atomic E-state index is 12.8. The van der Waals surface area contributed by atoms with Gasteiger partial charge in [-0.3, -0.25) is 14.9 Å². The molecule has 1 aliphatic heterocycles. The van der Waals surface area contributed by atoms with E-state index < -0.39 is 12.2 Å². The second kappa shape index (κ2) is 8.46. The second-order valence-corrected chi connectivity index (χ2v) is 7.23. The van der Waals surface area contributed by atoms with Crippen molar-refractivity contribution in [2.75, 3.05) is 7.11 Å². The molecule has 1 fully saturated rings. The summed E-state index contributed by atoms with van der Waals surface area (Å²) in [6.45, 7) is 1.92. The van der Waals surface area contributed by atoms with Crippen molar-refractivity contribution in [2.45, 2.75) is 31.6 Å². The van der Waals surface area contributed by atoms with Crippen LogP contribution in [0.1, 0.15) is 36.9 Å². The Morgan fingerprint density at radius 3 is 2.67 bits per heavy atom. The topological polar surface area (TPSA) is 105 Å². The number of nitrogens with zero attached hydrogens (tertiary/aromatic N) is 2. The van der Waals surface area contributed by atoms with E-state index in [-0.39, 0.29) is 24.3 Å². The van der Waals surface area contributed by atoms with Crippen LogP contribution in [-0.4, -0.2) is 34.9 Å². The maximum absolute atomic E-state index is 12.8. The molecule has 3 aromatic rings. The molecule has 0 spiro atoms. The van der Waals surface area contributed by atoms with E-state index in [9.17, 15) is 9.59 Å². The molecule has 3 N–H and O–H groups in total. The molecule has 2 aromatic carbocycles. The number of ether oxygens (including phenoxy) is 1. The molecular formula is C22H23N5O3. The first-order valence-corrected chi connectivity index (χ1v) is 9.74. The Labute approximate surface area is 174 Å². The summed E-state index contributed by atoms with van der Waals surface area (Å²) in [6, 6.07) is 12.7. The van der Waals surface area contributed by atoms with Gasteiger partial charge in [-0.15, -0.1) is 0 Å². The third kappa shape index (κ3) is 4.23. The lowest BCUT2D eigenvalue weighted by molar-refractivity contribution is -0.132. The average molecular weight is 405 g/mol. The van der Waals surface area contributed by atoms with Crippen LogP contribution in [0.3, 0.4) is 0 Å². The second-order valence-electron chi connectivity index (χ2n) is 7.23. The van der Waals surface area contributed by atoms with Crippen LogP contribution in [0.4, 0.5) is 0 Å². The van der Waals surface area contributed by atoms with Crippen LogP contribution in [-0.2, 0) is 9.59 Å². The van der Waals surface area contributed by atoms with Gasteiger partial charge in [0.1, 0.15) is 11.9 Å². The highest BCUT2D eigenvalue weighted by molar-refractivity contribution is 5.90. The fourth-order valence-corrected chi connectivity index (χ4v) is 3.51. The predicted octanol–water partition coefficient (Wildman–Crippen LogP) is 1.99. The van der Waals surface area contributed by atoms with Gasteiger partial charge in [-0.05, 0) is 47.5 Å². The van der Waals surface area contributed by atoms with Gasteiger partial charge >= 0.3 is 0 Å². The van der Waals surface area contributed by atoms with Crippen molar-refractivity contribution < 1.29 is 14.3 Å². The molecule has 4 rings (SSSR count). The number of carbonyl (C=O) groups is 2. The number of aromatic nitrogens is 2. The molecule has 2 amide bonds. The number of hydrogen-bond donors (Lipinski definition) is 3. The minimum Gasteiger partial charge on any atom is -0.497 e. The van der Waals surface area contributed by atoms with Crippen molar-refractivity contribution >= 4 is 22.6 Å². The van der Waals surface area contributed by atoms with Crippen LogP contribution in [0.5, 0.6) is 5.75 Å². The zero-order valence-corrected chi connectivity index (χ0v) is 16.8. The summed E-state index contributed by atoms with van der Waals surface area (Å²) in [4.78, 5) is 33.3. The van der Waals surface area contributed by atoms with Gasteiger partial charge in [-0.1, -0.05) is 18.2 Å². The fraction of sp³-hybridized carbons (Fsp3) is 0.273. The molecule has 0 aliphatic carbocycles. The van der Waals surface area contributed by atoms with Crippen LogP contribution in [0.2, 0.25) is 0 Å². The van der Waals surface area contributed by atoms with Gasteiger partial charge in [-0.2, -0.15) is 0 Å². The summed E-state index contributed by atoms with van der Waals surface area (Å²) >= 11 is 0. The highest BCUT2D eigenvalue weighted by atomic mass is 16.5. The molecule has 154 valence electrons. The van der Waals surface area contributed by atoms with Crippen LogP contribution in [0, 0.1) is 0 Å². The van der Waals surface area contributed by atoms with Gasteiger partial charge in [0.2, 0.25) is 11.8 Å². The molecule has 0 radical (unpaired) electrons. The quantitative estimate of drug-likeness (QED) is 0.600. The highest BCUT2D eigenvalue weighted by Gasteiger charge is 2.33. The van der Waals surface area contributed by atoms with Gasteiger partial charge < -0.3 is 15.4 Å². The molecule has 1 aliphatic rings. The number of nitrogens with one attached hydrogen (secondary N) is 3. The SMILES string of the molecule is COc1ccc2cc(C(C)NC(=O)C3CC(=O)NC(c4ncccn4)N3)ccc2c1. The number of carbonyl (C=O) groups excluding carboxylic acids is 2. The summed E-state index contributed by atoms with van der Waals surface area (Å²) in [5.41, 5.74) is 0.976. The summed E-state index contributed by atoms with van der Waals surface area (Å²) in [6.07, 6.45) is 2.64. The zero-order chi connectivity index (χ0) is 21.1. The smallest absolute Gasteiger partial charge is 0.238 e. The Morgan fingerprint density at radius 2 is 1.90 bits per heavy atom. The maximum Gasteiger partial charge on any atom is 0.238 e. The van der Waals surface area contributed by atoms with E-state index in [2.05, 4.69) is 25.9 Å². The molecular weight excluding hydrogens is 382 g/mol. The van der Waals surface area contributed by atoms with Gasteiger partial charge in [0.25, 0.3) is 0 Å². The lowest BCUT2D eigenvalue weighted by atomic mass is 10.0. The molecule has 0 bridgehead atoms. The minimum absolute atomic E-state index is 0.0550. The third-order valence-electron chi connectivity index (χ3n) is 5.15. The first kappa shape index (κ1) is 19.8. The number of fused-ring (bicyclic) bond motifs is 1. The molecule has 1 saturated heterocycles. The van der Waals surface area contributed by atoms with Crippen molar-refractivity contribution in [2.24, 2.45) is 0 Å². The van der Waals surface area contributed by atoms with Crippen molar-refractivity contribution in [1.82, 2.24) is 25.9 Å². The van der Waals surface area contributed by atoms with Gasteiger partial charge in [0.05, 0.1) is 25.6 Å². The van der Waals surface area contributed by atoms with E-state index >= 15 is 0 Å². The largest absolute Gasteiger partial charge is 0.497 e. The number of hydrogen-bond acceptors (Lipinski definition) is 6. The third-order valence-corrected chi connectivity index (χ3v) is 5.15. The van der Waals surface area contributed by atoms with Crippen molar-refractivity contribution in [3.63, 3.8) is 0 Å². The summed E-state index contributed by atoms with van der Waals surface area (Å²) in [5.74, 6) is 0.753. The lowest BCUT2D eigenvalue weighted by Crippen LogP contribution is -2.56. The van der Waals surface area contributed by atoms with E-state index in [1.54, 1.807) is 25.6 Å². The molecule has 2 heterocycles. The zero-order valence-electron chi connectivity index (χ0n) is 16.8. The molecule has 30 heavy (non-hydrogen) atoms. The first-order chi connectivity index (χ1) is 14.5. The minimum atomic E-state index is -0.667. The number of methoxy groups -OCH3 is 1. The standard InChI is InChI=1S/C22H23N5O3/c1-13(14-4-5-16-11-17(30-2)7-6-15(16)10-14)25-22(29)18-12-19(28)27-21(26-18)20-23-8-3-9-24-20/h3-11,13,18,21,26H,12H2,1-2H3,(H,25,29)(H,27,28). The Morgan fingerprint density at radius 1 is 1.17 bits per heavy atom. The first-order valence-electron chi connectivity index (χ1n) is 9.74. The Kier molecular flexibility index (Phi) is 5.58. The Hall–Kier alpha value is -3.52. The van der Waals surface area contributed by atoms with Crippen LogP contribution in [0.15, 0.2) is 54.9 Å². The van der Waals surface area contributed by atoms with Gasteiger partial charge in [-0.25, -0.2) is 9.97 Å². The molecule has 3 atom stereocenters. The Balaban J connectivity index is 1.46. The summed E-state index contributed by atoms with van der Waals surface area (Å²) < 4.78 is 5.26. The Bertz CT molecular complexity index is 1070. The summed E-state index contributed by atoms with van der Waals surface area (Å²) in [7, 11) is 1.64. The fourth-order valence-electron chi connectivity index (χ4n) is 3.51. The van der Waals surface area contributed by atoms with E-state index in [0.29, 0.717) is 5.82 Å². The molecule has 0 saturated carbocycles. The number of amides is 2. The van der Waals surface area contributed by atoms with E-state index in [1.165, 1.54) is 0 Å². The molecule has 3 unspecified atom stereocenters. The van der Waals surface area contributed by atoms with Crippen LogP contribution in [0.25, 0.3) is 10.8 Å². The highest BCUT2D eigenvalue weighted by Crippen LogP contribution is 2.24. The van der Waals surface area contributed by atoms with Crippen molar-refractivity contribution in [3.05, 3.63) is 66.2 Å². The monoisotopic (exact) mass is 405 g/mol. The normalized spacial score (nSPS) is 19.7. The summed E-state index contributed by atoms with van der Waals surface area (Å²) in [5, 5.41) is 11.0. The van der Waals surface area contributed by atoms with Gasteiger partial charge in [0.15, 0.2) is 5.82 Å². The van der Waals surface area contributed by atoms with Gasteiger partial charge in [0, 0.05) is 12.4 Å². The van der Waals surface area contributed by atoms with Crippen LogP contribution < -0.4 is 20.7 Å². The molecule has 1 aromatic heterocycles. The average Bonchev–Trinajstić information content (AvgIpc) is 2.78. The number of benzene rings is 2. The van der Waals surface area contributed by atoms with Crippen molar-refractivity contribution in [3.8, 4) is 5.75 Å². The van der Waals surface area contributed by atoms with E-state index in [0.717, 1.165) is 22.1 Å². The van der Waals surface area contributed by atoms with Crippen LogP contribution >= 0.6 is 0 Å². The molecule has 8 heteroatoms. The number of rotatable bonds is 5. The van der Waals surface area contributed by atoms with Crippen molar-refractivity contribution in [1.29, 1.82) is 0 Å². The predicted molar refractivity (Wildman–Crippen MR) is 112 cm³/mol. The van der Waals surface area contributed by atoms with E-state index in [1.807, 2.05) is 43.3 Å².